The van der Waals surface area contributed by atoms with Gasteiger partial charge in [-0.3, -0.25) is 4.79 Å². The molecule has 3 aromatic rings. The number of likely N-dealkylation sites (tertiary alicyclic amines) is 1. The number of rotatable bonds is 2. The van der Waals surface area contributed by atoms with E-state index in [-0.39, 0.29) is 11.9 Å². The lowest BCUT2D eigenvalue weighted by Gasteiger charge is -2.17. The molecule has 0 radical (unpaired) electrons. The highest BCUT2D eigenvalue weighted by Crippen LogP contribution is 2.28. The Bertz CT molecular complexity index is 820. The van der Waals surface area contributed by atoms with Gasteiger partial charge in [0.25, 0.3) is 5.91 Å². The number of hydrogen-bond acceptors (Lipinski definition) is 3. The van der Waals surface area contributed by atoms with E-state index < -0.39 is 0 Å². The summed E-state index contributed by atoms with van der Waals surface area (Å²) in [6.07, 6.45) is 2.47. The molecule has 5 nitrogen and oxygen atoms in total. The fourth-order valence-electron chi connectivity index (χ4n) is 3.32. The van der Waals surface area contributed by atoms with Gasteiger partial charge in [0.15, 0.2) is 5.76 Å². The minimum absolute atomic E-state index is 0.0328. The molecule has 0 saturated carbocycles. The molecule has 1 atom stereocenters. The minimum Gasteiger partial charge on any atom is -0.459 e. The Balaban J connectivity index is 1.62. The second-order valence-electron chi connectivity index (χ2n) is 5.69. The van der Waals surface area contributed by atoms with Crippen LogP contribution in [0, 0.1) is 6.92 Å². The molecule has 1 aliphatic rings. The molecule has 0 unspecified atom stereocenters. The van der Waals surface area contributed by atoms with Crippen LogP contribution < -0.4 is 0 Å². The van der Waals surface area contributed by atoms with E-state index >= 15 is 0 Å². The van der Waals surface area contributed by atoms with Gasteiger partial charge < -0.3 is 13.9 Å². The average Bonchev–Trinajstić information content (AvgIpc) is 3.25. The number of para-hydroxylation sites is 2. The summed E-state index contributed by atoms with van der Waals surface area (Å²) >= 11 is 0. The van der Waals surface area contributed by atoms with Crippen LogP contribution >= 0.6 is 0 Å². The molecule has 3 heterocycles. The topological polar surface area (TPSA) is 51.3 Å². The fourth-order valence-corrected chi connectivity index (χ4v) is 3.32. The summed E-state index contributed by atoms with van der Waals surface area (Å²) in [4.78, 5) is 18.9. The summed E-state index contributed by atoms with van der Waals surface area (Å²) in [6.45, 7) is 3.47. The molecule has 112 valence electrons. The van der Waals surface area contributed by atoms with E-state index in [9.17, 15) is 4.79 Å². The third-order valence-electron chi connectivity index (χ3n) is 4.32. The number of fused-ring (bicyclic) bond motifs is 1. The number of benzene rings is 1. The number of carbonyl (C=O) groups is 1. The lowest BCUT2D eigenvalue weighted by molar-refractivity contribution is 0.0756. The number of nitrogens with zero attached hydrogens (tertiary/aromatic N) is 3. The minimum atomic E-state index is -0.0328. The molecule has 22 heavy (non-hydrogen) atoms. The molecule has 1 aliphatic heterocycles. The molecule has 1 amide bonds. The molecule has 0 N–H and O–H groups in total. The number of aromatic nitrogens is 2. The van der Waals surface area contributed by atoms with Crippen molar-refractivity contribution in [3.8, 4) is 0 Å². The van der Waals surface area contributed by atoms with Crippen LogP contribution in [0.25, 0.3) is 11.0 Å². The molecule has 2 aromatic heterocycles. The molecule has 0 spiro atoms. The van der Waals surface area contributed by atoms with E-state index in [0.29, 0.717) is 12.3 Å². The van der Waals surface area contributed by atoms with Crippen molar-refractivity contribution in [1.82, 2.24) is 14.5 Å². The first-order chi connectivity index (χ1) is 10.7. The van der Waals surface area contributed by atoms with Gasteiger partial charge in [0.1, 0.15) is 5.82 Å². The van der Waals surface area contributed by atoms with Crippen molar-refractivity contribution < 1.29 is 9.21 Å². The van der Waals surface area contributed by atoms with E-state index in [0.717, 1.165) is 29.8 Å². The monoisotopic (exact) mass is 295 g/mol. The summed E-state index contributed by atoms with van der Waals surface area (Å²) in [7, 11) is 0. The SMILES string of the molecule is Cc1nc2ccccc2n1[C@@H]1CCN(C(=O)c2ccco2)C1. The molecule has 5 heteroatoms. The number of carbonyl (C=O) groups excluding carboxylic acids is 1. The van der Waals surface area contributed by atoms with Gasteiger partial charge in [0.2, 0.25) is 0 Å². The third-order valence-corrected chi connectivity index (χ3v) is 4.32. The summed E-state index contributed by atoms with van der Waals surface area (Å²) in [5.74, 6) is 1.38. The molecular formula is C17H17N3O2. The number of furan rings is 1. The van der Waals surface area contributed by atoms with Crippen LogP contribution in [0.15, 0.2) is 47.1 Å². The van der Waals surface area contributed by atoms with E-state index in [1.165, 1.54) is 6.26 Å². The fraction of sp³-hybridized carbons (Fsp3) is 0.294. The smallest absolute Gasteiger partial charge is 0.289 e. The molecule has 0 bridgehead atoms. The van der Waals surface area contributed by atoms with Crippen molar-refractivity contribution in [3.63, 3.8) is 0 Å². The Morgan fingerprint density at radius 3 is 2.95 bits per heavy atom. The van der Waals surface area contributed by atoms with Crippen molar-refractivity contribution in [2.24, 2.45) is 0 Å². The maximum atomic E-state index is 12.4. The van der Waals surface area contributed by atoms with Gasteiger partial charge in [-0.2, -0.15) is 0 Å². The predicted octanol–water partition coefficient (Wildman–Crippen LogP) is 3.02. The van der Waals surface area contributed by atoms with Crippen molar-refractivity contribution >= 4 is 16.9 Å². The zero-order valence-corrected chi connectivity index (χ0v) is 12.4. The molecule has 1 fully saturated rings. The summed E-state index contributed by atoms with van der Waals surface area (Å²) in [5.41, 5.74) is 2.15. The Kier molecular flexibility index (Phi) is 2.99. The van der Waals surface area contributed by atoms with E-state index in [2.05, 4.69) is 15.6 Å². The number of imidazole rings is 1. The molecule has 1 aromatic carbocycles. The number of hydrogen-bond donors (Lipinski definition) is 0. The van der Waals surface area contributed by atoms with Gasteiger partial charge in [0, 0.05) is 13.1 Å². The number of amides is 1. The Morgan fingerprint density at radius 1 is 1.27 bits per heavy atom. The predicted molar refractivity (Wildman–Crippen MR) is 82.7 cm³/mol. The van der Waals surface area contributed by atoms with Gasteiger partial charge in [-0.05, 0) is 37.6 Å². The van der Waals surface area contributed by atoms with Crippen LogP contribution in [0.3, 0.4) is 0 Å². The van der Waals surface area contributed by atoms with Gasteiger partial charge in [-0.25, -0.2) is 4.98 Å². The van der Waals surface area contributed by atoms with Crippen LogP contribution in [-0.4, -0.2) is 33.4 Å². The highest BCUT2D eigenvalue weighted by molar-refractivity contribution is 5.91. The average molecular weight is 295 g/mol. The standard InChI is InChI=1S/C17H17N3O2/c1-12-18-14-5-2-3-6-15(14)20(12)13-8-9-19(11-13)17(21)16-7-4-10-22-16/h2-7,10,13H,8-9,11H2,1H3/t13-/m1/s1. The summed E-state index contributed by atoms with van der Waals surface area (Å²) in [5, 5.41) is 0. The molecule has 4 rings (SSSR count). The quantitative estimate of drug-likeness (QED) is 0.730. The maximum Gasteiger partial charge on any atom is 0.289 e. The van der Waals surface area contributed by atoms with Crippen LogP contribution in [0.1, 0.15) is 28.8 Å². The normalized spacial score (nSPS) is 18.2. The molecular weight excluding hydrogens is 278 g/mol. The van der Waals surface area contributed by atoms with Crippen LogP contribution in [0.4, 0.5) is 0 Å². The molecule has 0 aliphatic carbocycles. The van der Waals surface area contributed by atoms with Crippen molar-refractivity contribution in [2.75, 3.05) is 13.1 Å². The Morgan fingerprint density at radius 2 is 2.14 bits per heavy atom. The number of aryl methyl sites for hydroxylation is 1. The second kappa shape index (κ2) is 5.02. The van der Waals surface area contributed by atoms with E-state index in [1.54, 1.807) is 12.1 Å². The zero-order chi connectivity index (χ0) is 15.1. The van der Waals surface area contributed by atoms with Gasteiger partial charge in [-0.15, -0.1) is 0 Å². The van der Waals surface area contributed by atoms with E-state index in [4.69, 9.17) is 4.42 Å². The first-order valence-corrected chi connectivity index (χ1v) is 7.50. The first kappa shape index (κ1) is 13.1. The highest BCUT2D eigenvalue weighted by Gasteiger charge is 2.30. The van der Waals surface area contributed by atoms with E-state index in [1.807, 2.05) is 30.0 Å². The third kappa shape index (κ3) is 2.01. The Labute approximate surface area is 128 Å². The molecule has 1 saturated heterocycles. The van der Waals surface area contributed by atoms with Crippen molar-refractivity contribution in [3.05, 3.63) is 54.2 Å². The Hall–Kier alpha value is -2.56. The van der Waals surface area contributed by atoms with Crippen LogP contribution in [0.2, 0.25) is 0 Å². The highest BCUT2D eigenvalue weighted by atomic mass is 16.3. The largest absolute Gasteiger partial charge is 0.459 e. The summed E-state index contributed by atoms with van der Waals surface area (Å²) < 4.78 is 7.47. The first-order valence-electron chi connectivity index (χ1n) is 7.50. The van der Waals surface area contributed by atoms with Gasteiger partial charge in [0.05, 0.1) is 23.3 Å². The van der Waals surface area contributed by atoms with Crippen molar-refractivity contribution in [2.45, 2.75) is 19.4 Å². The lowest BCUT2D eigenvalue weighted by atomic mass is 10.2. The van der Waals surface area contributed by atoms with Crippen LogP contribution in [-0.2, 0) is 0 Å². The second-order valence-corrected chi connectivity index (χ2v) is 5.69. The summed E-state index contributed by atoms with van der Waals surface area (Å²) in [6, 6.07) is 11.9. The lowest BCUT2D eigenvalue weighted by Crippen LogP contribution is -2.28. The van der Waals surface area contributed by atoms with Gasteiger partial charge in [-0.1, -0.05) is 12.1 Å². The maximum absolute atomic E-state index is 12.4. The van der Waals surface area contributed by atoms with Crippen molar-refractivity contribution in [1.29, 1.82) is 0 Å². The van der Waals surface area contributed by atoms with Gasteiger partial charge >= 0.3 is 0 Å². The van der Waals surface area contributed by atoms with Crippen LogP contribution in [0.5, 0.6) is 0 Å². The zero-order valence-electron chi connectivity index (χ0n) is 12.4.